The third kappa shape index (κ3) is 6.48. The van der Waals surface area contributed by atoms with Crippen molar-refractivity contribution < 1.29 is 17.9 Å². The van der Waals surface area contributed by atoms with Crippen molar-refractivity contribution in [3.63, 3.8) is 0 Å². The fraction of sp³-hybridized carbons (Fsp3) is 0.562. The van der Waals surface area contributed by atoms with Crippen molar-refractivity contribution in [3.8, 4) is 0 Å². The van der Waals surface area contributed by atoms with Crippen LogP contribution < -0.4 is 9.62 Å². The first-order valence-corrected chi connectivity index (χ1v) is 9.42. The molecule has 0 bridgehead atoms. The second kappa shape index (κ2) is 7.68. The van der Waals surface area contributed by atoms with Crippen LogP contribution in [0, 0.1) is 0 Å². The van der Waals surface area contributed by atoms with E-state index in [9.17, 15) is 13.2 Å². The molecule has 6 nitrogen and oxygen atoms in total. The summed E-state index contributed by atoms with van der Waals surface area (Å²) in [6.45, 7) is 7.60. The van der Waals surface area contributed by atoms with Crippen LogP contribution >= 0.6 is 0 Å². The molecule has 23 heavy (non-hydrogen) atoms. The highest BCUT2D eigenvalue weighted by molar-refractivity contribution is 7.92. The molecule has 0 aliphatic carbocycles. The lowest BCUT2D eigenvalue weighted by Gasteiger charge is -2.25. The molecule has 1 aromatic rings. The van der Waals surface area contributed by atoms with Crippen molar-refractivity contribution in [1.29, 1.82) is 0 Å². The summed E-state index contributed by atoms with van der Waals surface area (Å²) in [7, 11) is -3.44. The molecule has 0 fully saturated rings. The van der Waals surface area contributed by atoms with Crippen LogP contribution in [0.25, 0.3) is 0 Å². The number of alkyl carbamates (subject to hydrolysis) is 1. The van der Waals surface area contributed by atoms with Gasteiger partial charge in [-0.3, -0.25) is 4.31 Å². The van der Waals surface area contributed by atoms with E-state index in [1.165, 1.54) is 4.31 Å². The summed E-state index contributed by atoms with van der Waals surface area (Å²) >= 11 is 0. The average molecular weight is 342 g/mol. The Morgan fingerprint density at radius 3 is 2.39 bits per heavy atom. The van der Waals surface area contributed by atoms with E-state index >= 15 is 0 Å². The minimum Gasteiger partial charge on any atom is -0.444 e. The van der Waals surface area contributed by atoms with Gasteiger partial charge in [0.2, 0.25) is 10.0 Å². The minimum absolute atomic E-state index is 0.148. The third-order valence-corrected chi connectivity index (χ3v) is 4.20. The molecule has 0 saturated carbocycles. The molecule has 1 aromatic carbocycles. The topological polar surface area (TPSA) is 75.7 Å². The number of ether oxygens (including phenoxy) is 1. The lowest BCUT2D eigenvalue weighted by Crippen LogP contribution is -2.40. The monoisotopic (exact) mass is 342 g/mol. The number of anilines is 1. The number of rotatable bonds is 6. The van der Waals surface area contributed by atoms with Crippen molar-refractivity contribution in [1.82, 2.24) is 5.32 Å². The maximum Gasteiger partial charge on any atom is 0.407 e. The van der Waals surface area contributed by atoms with Gasteiger partial charge in [0.1, 0.15) is 5.60 Å². The van der Waals surface area contributed by atoms with Gasteiger partial charge in [-0.25, -0.2) is 13.2 Å². The summed E-state index contributed by atoms with van der Waals surface area (Å²) < 4.78 is 30.6. The maximum absolute atomic E-state index is 12.1. The van der Waals surface area contributed by atoms with E-state index in [1.807, 2.05) is 19.1 Å². The summed E-state index contributed by atoms with van der Waals surface area (Å²) in [6.07, 6.45) is 1.32. The van der Waals surface area contributed by atoms with Crippen LogP contribution in [0.5, 0.6) is 0 Å². The standard InChI is InChI=1S/C16H26N2O4S/c1-6-13-9-7-8-10-14(13)18(23(5,20)21)12-11-17-15(19)22-16(2,3)4/h7-10H,6,11-12H2,1-5H3,(H,17,19). The average Bonchev–Trinajstić information content (AvgIpc) is 2.40. The summed E-state index contributed by atoms with van der Waals surface area (Å²) in [6, 6.07) is 7.35. The third-order valence-electron chi connectivity index (χ3n) is 3.02. The van der Waals surface area contributed by atoms with Gasteiger partial charge in [0.25, 0.3) is 0 Å². The molecule has 0 heterocycles. The molecule has 0 aromatic heterocycles. The van der Waals surface area contributed by atoms with Gasteiger partial charge in [-0.2, -0.15) is 0 Å². The number of sulfonamides is 1. The Morgan fingerprint density at radius 1 is 1.26 bits per heavy atom. The number of nitrogens with zero attached hydrogens (tertiary/aromatic N) is 1. The largest absolute Gasteiger partial charge is 0.444 e. The number of aryl methyl sites for hydroxylation is 1. The highest BCUT2D eigenvalue weighted by atomic mass is 32.2. The number of carbonyl (C=O) groups is 1. The zero-order chi connectivity index (χ0) is 17.7. The molecule has 0 aliphatic rings. The quantitative estimate of drug-likeness (QED) is 0.862. The number of hydrogen-bond acceptors (Lipinski definition) is 4. The fourth-order valence-electron chi connectivity index (χ4n) is 2.09. The summed E-state index contributed by atoms with van der Waals surface area (Å²) in [5.41, 5.74) is 0.994. The predicted molar refractivity (Wildman–Crippen MR) is 92.2 cm³/mol. The van der Waals surface area contributed by atoms with Crippen LogP contribution in [-0.2, 0) is 21.2 Å². The van der Waals surface area contributed by atoms with Crippen LogP contribution in [0.15, 0.2) is 24.3 Å². The van der Waals surface area contributed by atoms with Crippen LogP contribution in [-0.4, -0.2) is 39.5 Å². The van der Waals surface area contributed by atoms with Gasteiger partial charge in [0.15, 0.2) is 0 Å². The van der Waals surface area contributed by atoms with Crippen LogP contribution in [0.1, 0.15) is 33.3 Å². The van der Waals surface area contributed by atoms with Crippen molar-refractivity contribution >= 4 is 21.8 Å². The van der Waals surface area contributed by atoms with Gasteiger partial charge in [-0.1, -0.05) is 25.1 Å². The van der Waals surface area contributed by atoms with Crippen LogP contribution in [0.2, 0.25) is 0 Å². The summed E-state index contributed by atoms with van der Waals surface area (Å²) in [5, 5.41) is 2.58. The molecule has 1 amide bonds. The first-order valence-electron chi connectivity index (χ1n) is 7.57. The molecule has 0 unspecified atom stereocenters. The van der Waals surface area contributed by atoms with Gasteiger partial charge >= 0.3 is 6.09 Å². The number of hydrogen-bond donors (Lipinski definition) is 1. The van der Waals surface area contributed by atoms with Crippen molar-refractivity contribution in [3.05, 3.63) is 29.8 Å². The van der Waals surface area contributed by atoms with Crippen LogP contribution in [0.3, 0.4) is 0 Å². The molecule has 130 valence electrons. The molecule has 7 heteroatoms. The molecular weight excluding hydrogens is 316 g/mol. The zero-order valence-electron chi connectivity index (χ0n) is 14.4. The van der Waals surface area contributed by atoms with E-state index in [-0.39, 0.29) is 13.1 Å². The lowest BCUT2D eigenvalue weighted by molar-refractivity contribution is 0.0529. The van der Waals surface area contributed by atoms with E-state index in [4.69, 9.17) is 4.74 Å². The van der Waals surface area contributed by atoms with Gasteiger partial charge in [0.05, 0.1) is 18.5 Å². The van der Waals surface area contributed by atoms with E-state index in [0.29, 0.717) is 5.69 Å². The molecule has 0 radical (unpaired) electrons. The molecule has 1 rings (SSSR count). The molecular formula is C16H26N2O4S. The van der Waals surface area contributed by atoms with E-state index in [0.717, 1.165) is 18.2 Å². The molecule has 1 N–H and O–H groups in total. The van der Waals surface area contributed by atoms with Gasteiger partial charge in [-0.15, -0.1) is 0 Å². The Kier molecular flexibility index (Phi) is 6.44. The SMILES string of the molecule is CCc1ccccc1N(CCNC(=O)OC(C)(C)C)S(C)(=O)=O. The number of amides is 1. The van der Waals surface area contributed by atoms with E-state index < -0.39 is 21.7 Å². The van der Waals surface area contributed by atoms with Crippen molar-refractivity contribution in [2.45, 2.75) is 39.7 Å². The van der Waals surface area contributed by atoms with Gasteiger partial charge in [0, 0.05) is 6.54 Å². The molecule has 0 spiro atoms. The Labute approximate surface area is 138 Å². The summed E-state index contributed by atoms with van der Waals surface area (Å²) in [4.78, 5) is 11.6. The highest BCUT2D eigenvalue weighted by Gasteiger charge is 2.20. The van der Waals surface area contributed by atoms with E-state index in [2.05, 4.69) is 5.32 Å². The zero-order valence-corrected chi connectivity index (χ0v) is 15.2. The number of nitrogens with one attached hydrogen (secondary N) is 1. The molecule has 0 aliphatic heterocycles. The van der Waals surface area contributed by atoms with E-state index in [1.54, 1.807) is 32.9 Å². The Morgan fingerprint density at radius 2 is 1.87 bits per heavy atom. The lowest BCUT2D eigenvalue weighted by atomic mass is 10.1. The Bertz CT molecular complexity index is 636. The maximum atomic E-state index is 12.1. The summed E-state index contributed by atoms with van der Waals surface area (Å²) in [5.74, 6) is 0. The Hall–Kier alpha value is -1.76. The normalized spacial score (nSPS) is 11.9. The van der Waals surface area contributed by atoms with Gasteiger partial charge < -0.3 is 10.1 Å². The van der Waals surface area contributed by atoms with Crippen LogP contribution in [0.4, 0.5) is 10.5 Å². The first kappa shape index (κ1) is 19.3. The van der Waals surface area contributed by atoms with Gasteiger partial charge in [-0.05, 0) is 38.8 Å². The Balaban J connectivity index is 2.81. The number of para-hydroxylation sites is 1. The van der Waals surface area contributed by atoms with Crippen molar-refractivity contribution in [2.75, 3.05) is 23.7 Å². The first-order chi connectivity index (χ1) is 10.5. The smallest absolute Gasteiger partial charge is 0.407 e. The number of carbonyl (C=O) groups excluding carboxylic acids is 1. The second-order valence-corrected chi connectivity index (χ2v) is 8.15. The second-order valence-electron chi connectivity index (χ2n) is 6.25. The molecule has 0 saturated heterocycles. The fourth-order valence-corrected chi connectivity index (χ4v) is 3.05. The minimum atomic E-state index is -3.44. The predicted octanol–water partition coefficient (Wildman–Crippen LogP) is 2.54. The highest BCUT2D eigenvalue weighted by Crippen LogP contribution is 2.22. The van der Waals surface area contributed by atoms with Crippen molar-refractivity contribution in [2.24, 2.45) is 0 Å². The molecule has 0 atom stereocenters. The number of benzene rings is 1.